The van der Waals surface area contributed by atoms with Gasteiger partial charge in [0.15, 0.2) is 0 Å². The van der Waals surface area contributed by atoms with Gasteiger partial charge in [-0.3, -0.25) is 10.1 Å². The van der Waals surface area contributed by atoms with E-state index < -0.39 is 11.0 Å². The molecule has 1 atom stereocenters. The molecule has 0 aliphatic rings. The highest BCUT2D eigenvalue weighted by Crippen LogP contribution is 2.06. The Morgan fingerprint density at radius 3 is 2.20 bits per heavy atom. The number of rotatable bonds is 4. The Labute approximate surface area is 60.0 Å². The molecule has 0 fully saturated rings. The Kier molecular flexibility index (Phi) is 3.95. The number of hydrogen-bond acceptors (Lipinski definition) is 3. The van der Waals surface area contributed by atoms with E-state index in [9.17, 15) is 10.1 Å². The molecule has 1 unspecified atom stereocenters. The van der Waals surface area contributed by atoms with E-state index in [0.717, 1.165) is 0 Å². The summed E-state index contributed by atoms with van der Waals surface area (Å²) in [6.07, 6.45) is 0.448. The van der Waals surface area contributed by atoms with Gasteiger partial charge in [-0.25, -0.2) is 0 Å². The summed E-state index contributed by atoms with van der Waals surface area (Å²) in [5.41, 5.74) is 0. The standard InChI is InChI=1S/C6H13NO3/c1-5(2)3-6(4-8)7(9)10/h5-6,8H,3-4H2,1-2H3. The highest BCUT2D eigenvalue weighted by molar-refractivity contribution is 4.56. The molecular weight excluding hydrogens is 134 g/mol. The predicted molar refractivity (Wildman–Crippen MR) is 37.3 cm³/mol. The SMILES string of the molecule is CC(C)CC(CO)[N+](=O)[O-]. The minimum Gasteiger partial charge on any atom is -0.389 e. The van der Waals surface area contributed by atoms with E-state index in [4.69, 9.17) is 5.11 Å². The molecule has 0 rings (SSSR count). The maximum absolute atomic E-state index is 10.1. The Bertz CT molecular complexity index is 114. The van der Waals surface area contributed by atoms with Crippen LogP contribution in [-0.4, -0.2) is 22.7 Å². The summed E-state index contributed by atoms with van der Waals surface area (Å²) in [6.45, 7) is 3.43. The highest BCUT2D eigenvalue weighted by atomic mass is 16.6. The monoisotopic (exact) mass is 147 g/mol. The number of aliphatic hydroxyl groups excluding tert-OH is 1. The van der Waals surface area contributed by atoms with Gasteiger partial charge in [0.2, 0.25) is 6.04 Å². The van der Waals surface area contributed by atoms with Gasteiger partial charge in [-0.2, -0.15) is 0 Å². The van der Waals surface area contributed by atoms with Gasteiger partial charge in [-0.15, -0.1) is 0 Å². The quantitative estimate of drug-likeness (QED) is 0.469. The van der Waals surface area contributed by atoms with Crippen molar-refractivity contribution in [2.24, 2.45) is 5.92 Å². The van der Waals surface area contributed by atoms with Gasteiger partial charge in [-0.1, -0.05) is 13.8 Å². The maximum Gasteiger partial charge on any atom is 0.236 e. The summed E-state index contributed by atoms with van der Waals surface area (Å²) in [5, 5.41) is 18.6. The average Bonchev–Trinajstić information content (AvgIpc) is 1.81. The molecule has 10 heavy (non-hydrogen) atoms. The molecule has 0 amide bonds. The van der Waals surface area contributed by atoms with Crippen molar-refractivity contribution < 1.29 is 10.0 Å². The van der Waals surface area contributed by atoms with Gasteiger partial charge in [-0.05, 0) is 5.92 Å². The van der Waals surface area contributed by atoms with Crippen LogP contribution < -0.4 is 0 Å². The van der Waals surface area contributed by atoms with Gasteiger partial charge in [0.1, 0.15) is 6.61 Å². The van der Waals surface area contributed by atoms with E-state index >= 15 is 0 Å². The summed E-state index contributed by atoms with van der Waals surface area (Å²) in [6, 6.07) is -0.778. The normalized spacial score (nSPS) is 13.6. The molecule has 0 radical (unpaired) electrons. The third kappa shape index (κ3) is 3.40. The molecule has 0 heterocycles. The predicted octanol–water partition coefficient (Wildman–Crippen LogP) is 0.670. The molecule has 1 N–H and O–H groups in total. The Hall–Kier alpha value is -0.640. The minimum absolute atomic E-state index is 0.266. The number of aliphatic hydroxyl groups is 1. The molecule has 4 nitrogen and oxygen atoms in total. The molecule has 0 bridgehead atoms. The van der Waals surface area contributed by atoms with E-state index in [2.05, 4.69) is 0 Å². The van der Waals surface area contributed by atoms with Gasteiger partial charge >= 0.3 is 0 Å². The van der Waals surface area contributed by atoms with Crippen molar-refractivity contribution in [1.82, 2.24) is 0 Å². The van der Waals surface area contributed by atoms with Crippen LogP contribution in [0.4, 0.5) is 0 Å². The van der Waals surface area contributed by atoms with Crippen LogP contribution in [0.25, 0.3) is 0 Å². The van der Waals surface area contributed by atoms with Crippen molar-refractivity contribution in [3.8, 4) is 0 Å². The van der Waals surface area contributed by atoms with Gasteiger partial charge < -0.3 is 5.11 Å². The van der Waals surface area contributed by atoms with E-state index in [0.29, 0.717) is 6.42 Å². The zero-order chi connectivity index (χ0) is 8.15. The third-order valence-electron chi connectivity index (χ3n) is 1.25. The average molecular weight is 147 g/mol. The fourth-order valence-corrected chi connectivity index (χ4v) is 0.771. The largest absolute Gasteiger partial charge is 0.389 e. The summed E-state index contributed by atoms with van der Waals surface area (Å²) >= 11 is 0. The lowest BCUT2D eigenvalue weighted by atomic mass is 10.1. The molecule has 4 heteroatoms. The van der Waals surface area contributed by atoms with Crippen molar-refractivity contribution in [3.05, 3.63) is 10.1 Å². The molecule has 0 aliphatic carbocycles. The molecule has 0 aromatic carbocycles. The summed E-state index contributed by atoms with van der Waals surface area (Å²) in [5.74, 6) is 0.266. The van der Waals surface area contributed by atoms with Crippen molar-refractivity contribution in [3.63, 3.8) is 0 Å². The smallest absolute Gasteiger partial charge is 0.236 e. The second kappa shape index (κ2) is 4.22. The summed E-state index contributed by atoms with van der Waals surface area (Å²) < 4.78 is 0. The fourth-order valence-electron chi connectivity index (χ4n) is 0.771. The lowest BCUT2D eigenvalue weighted by Gasteiger charge is -2.07. The maximum atomic E-state index is 10.1. The van der Waals surface area contributed by atoms with Crippen LogP contribution >= 0.6 is 0 Å². The Morgan fingerprint density at radius 2 is 2.10 bits per heavy atom. The molecule has 0 spiro atoms. The van der Waals surface area contributed by atoms with Crippen molar-refractivity contribution in [1.29, 1.82) is 0 Å². The van der Waals surface area contributed by atoms with Crippen LogP contribution in [0, 0.1) is 16.0 Å². The molecule has 0 saturated carbocycles. The van der Waals surface area contributed by atoms with Crippen LogP contribution in [0.5, 0.6) is 0 Å². The van der Waals surface area contributed by atoms with Gasteiger partial charge in [0.05, 0.1) is 0 Å². The van der Waals surface area contributed by atoms with Crippen molar-refractivity contribution in [2.75, 3.05) is 6.61 Å². The highest BCUT2D eigenvalue weighted by Gasteiger charge is 2.19. The van der Waals surface area contributed by atoms with E-state index in [-0.39, 0.29) is 12.5 Å². The molecule has 0 aromatic rings. The Morgan fingerprint density at radius 1 is 1.60 bits per heavy atom. The lowest BCUT2D eigenvalue weighted by Crippen LogP contribution is -2.25. The van der Waals surface area contributed by atoms with E-state index in [1.165, 1.54) is 0 Å². The molecule has 0 aromatic heterocycles. The third-order valence-corrected chi connectivity index (χ3v) is 1.25. The zero-order valence-electron chi connectivity index (χ0n) is 6.28. The molecule has 60 valence electrons. The first-order chi connectivity index (χ1) is 4.57. The van der Waals surface area contributed by atoms with Crippen molar-refractivity contribution >= 4 is 0 Å². The topological polar surface area (TPSA) is 63.4 Å². The lowest BCUT2D eigenvalue weighted by molar-refractivity contribution is -0.527. The van der Waals surface area contributed by atoms with Crippen LogP contribution in [0.3, 0.4) is 0 Å². The second-order valence-corrected chi connectivity index (χ2v) is 2.75. The number of nitrogens with zero attached hydrogens (tertiary/aromatic N) is 1. The summed E-state index contributed by atoms with van der Waals surface area (Å²) in [7, 11) is 0. The molecular formula is C6H13NO3. The van der Waals surface area contributed by atoms with E-state index in [1.54, 1.807) is 0 Å². The zero-order valence-corrected chi connectivity index (χ0v) is 6.28. The Balaban J connectivity index is 3.72. The molecule has 0 aliphatic heterocycles. The number of hydrogen-bond donors (Lipinski definition) is 1. The van der Waals surface area contributed by atoms with E-state index in [1.807, 2.05) is 13.8 Å². The first-order valence-electron chi connectivity index (χ1n) is 3.32. The van der Waals surface area contributed by atoms with Crippen LogP contribution in [0.2, 0.25) is 0 Å². The summed E-state index contributed by atoms with van der Waals surface area (Å²) in [4.78, 5) is 9.68. The minimum atomic E-state index is -0.778. The first-order valence-corrected chi connectivity index (χ1v) is 3.32. The van der Waals surface area contributed by atoms with Crippen LogP contribution in [-0.2, 0) is 0 Å². The van der Waals surface area contributed by atoms with Gasteiger partial charge in [0, 0.05) is 11.3 Å². The second-order valence-electron chi connectivity index (χ2n) is 2.75. The van der Waals surface area contributed by atoms with Crippen LogP contribution in [0.15, 0.2) is 0 Å². The number of nitro groups is 1. The first kappa shape index (κ1) is 9.36. The molecule has 0 saturated heterocycles. The fraction of sp³-hybridized carbons (Fsp3) is 1.00. The van der Waals surface area contributed by atoms with Crippen LogP contribution in [0.1, 0.15) is 20.3 Å². The van der Waals surface area contributed by atoms with Crippen molar-refractivity contribution in [2.45, 2.75) is 26.3 Å². The van der Waals surface area contributed by atoms with Gasteiger partial charge in [0.25, 0.3) is 0 Å².